The Labute approximate surface area is 115 Å². The number of rotatable bonds is 9. The molecular formula is C15H24N2O2. The Balaban J connectivity index is 2.46. The number of nitrogens with one attached hydrogen (secondary N) is 2. The highest BCUT2D eigenvalue weighted by Crippen LogP contribution is 2.09. The molecule has 0 bridgehead atoms. The number of hydrogen-bond donors (Lipinski definition) is 2. The van der Waals surface area contributed by atoms with E-state index < -0.39 is 0 Å². The largest absolute Gasteiger partial charge is 0.382 e. The molecular weight excluding hydrogens is 240 g/mol. The van der Waals surface area contributed by atoms with Crippen molar-refractivity contribution in [3.63, 3.8) is 0 Å². The number of ether oxygens (including phenoxy) is 1. The molecule has 106 valence electrons. The normalized spacial score (nSPS) is 10.4. The van der Waals surface area contributed by atoms with Gasteiger partial charge in [0, 0.05) is 25.3 Å². The maximum Gasteiger partial charge on any atom is 0.251 e. The first kappa shape index (κ1) is 15.7. The summed E-state index contributed by atoms with van der Waals surface area (Å²) in [6, 6.07) is 7.75. The van der Waals surface area contributed by atoms with Gasteiger partial charge in [0.25, 0.3) is 5.91 Å². The summed E-state index contributed by atoms with van der Waals surface area (Å²) >= 11 is 0. The minimum atomic E-state index is 0.00296. The van der Waals surface area contributed by atoms with Crippen molar-refractivity contribution in [1.82, 2.24) is 10.6 Å². The third-order valence-electron chi connectivity index (χ3n) is 2.86. The topological polar surface area (TPSA) is 50.4 Å². The second-order valence-electron chi connectivity index (χ2n) is 4.32. The van der Waals surface area contributed by atoms with Crippen LogP contribution in [-0.2, 0) is 11.2 Å². The fourth-order valence-corrected chi connectivity index (χ4v) is 1.84. The van der Waals surface area contributed by atoms with Gasteiger partial charge >= 0.3 is 0 Å². The molecule has 0 unspecified atom stereocenters. The van der Waals surface area contributed by atoms with E-state index in [1.165, 1.54) is 0 Å². The van der Waals surface area contributed by atoms with Crippen LogP contribution in [0.25, 0.3) is 0 Å². The van der Waals surface area contributed by atoms with E-state index in [-0.39, 0.29) is 5.91 Å². The molecule has 0 aromatic heterocycles. The summed E-state index contributed by atoms with van der Waals surface area (Å²) in [5.41, 5.74) is 1.85. The second kappa shape index (κ2) is 9.53. The van der Waals surface area contributed by atoms with Gasteiger partial charge in [0.15, 0.2) is 0 Å². The maximum absolute atomic E-state index is 12.1. The number of benzene rings is 1. The Kier molecular flexibility index (Phi) is 7.86. The Morgan fingerprint density at radius 3 is 2.79 bits per heavy atom. The SMILES string of the molecule is CCOCCCNC(=O)c1ccccc1CCNC. The van der Waals surface area contributed by atoms with Crippen LogP contribution in [0, 0.1) is 0 Å². The zero-order chi connectivity index (χ0) is 13.9. The van der Waals surface area contributed by atoms with Crippen molar-refractivity contribution in [3.05, 3.63) is 35.4 Å². The molecule has 0 aliphatic rings. The second-order valence-corrected chi connectivity index (χ2v) is 4.32. The van der Waals surface area contributed by atoms with Gasteiger partial charge in [0.2, 0.25) is 0 Å². The summed E-state index contributed by atoms with van der Waals surface area (Å²) < 4.78 is 5.24. The van der Waals surface area contributed by atoms with Gasteiger partial charge < -0.3 is 15.4 Å². The van der Waals surface area contributed by atoms with Gasteiger partial charge in [-0.05, 0) is 45.0 Å². The third-order valence-corrected chi connectivity index (χ3v) is 2.86. The van der Waals surface area contributed by atoms with Gasteiger partial charge in [0.05, 0.1) is 0 Å². The van der Waals surface area contributed by atoms with E-state index in [2.05, 4.69) is 10.6 Å². The highest BCUT2D eigenvalue weighted by atomic mass is 16.5. The van der Waals surface area contributed by atoms with Crippen LogP contribution in [0.15, 0.2) is 24.3 Å². The van der Waals surface area contributed by atoms with Crippen LogP contribution in [0.5, 0.6) is 0 Å². The standard InChI is InChI=1S/C15H24N2O2/c1-3-19-12-6-10-17-15(18)14-8-5-4-7-13(14)9-11-16-2/h4-5,7-8,16H,3,6,9-12H2,1-2H3,(H,17,18). The lowest BCUT2D eigenvalue weighted by atomic mass is 10.0. The minimum Gasteiger partial charge on any atom is -0.382 e. The van der Waals surface area contributed by atoms with Crippen molar-refractivity contribution < 1.29 is 9.53 Å². The molecule has 1 aromatic carbocycles. The van der Waals surface area contributed by atoms with E-state index in [4.69, 9.17) is 4.74 Å². The summed E-state index contributed by atoms with van der Waals surface area (Å²) in [6.45, 7) is 4.91. The zero-order valence-electron chi connectivity index (χ0n) is 11.9. The number of likely N-dealkylation sites (N-methyl/N-ethyl adjacent to an activating group) is 1. The van der Waals surface area contributed by atoms with E-state index in [1.54, 1.807) is 0 Å². The van der Waals surface area contributed by atoms with Crippen molar-refractivity contribution in [3.8, 4) is 0 Å². The summed E-state index contributed by atoms with van der Waals surface area (Å²) in [4.78, 5) is 12.1. The minimum absolute atomic E-state index is 0.00296. The Morgan fingerprint density at radius 1 is 1.26 bits per heavy atom. The van der Waals surface area contributed by atoms with Crippen molar-refractivity contribution in [2.75, 3.05) is 33.4 Å². The molecule has 1 amide bonds. The van der Waals surface area contributed by atoms with Crippen LogP contribution in [-0.4, -0.2) is 39.3 Å². The summed E-state index contributed by atoms with van der Waals surface area (Å²) in [6.07, 6.45) is 1.71. The lowest BCUT2D eigenvalue weighted by Crippen LogP contribution is -2.26. The molecule has 2 N–H and O–H groups in total. The number of carbonyl (C=O) groups is 1. The van der Waals surface area contributed by atoms with Gasteiger partial charge in [0.1, 0.15) is 0 Å². The maximum atomic E-state index is 12.1. The highest BCUT2D eigenvalue weighted by Gasteiger charge is 2.09. The molecule has 0 fully saturated rings. The van der Waals surface area contributed by atoms with Crippen molar-refractivity contribution in [2.24, 2.45) is 0 Å². The summed E-state index contributed by atoms with van der Waals surface area (Å²) in [7, 11) is 1.91. The van der Waals surface area contributed by atoms with Crippen LogP contribution in [0.4, 0.5) is 0 Å². The number of hydrogen-bond acceptors (Lipinski definition) is 3. The lowest BCUT2D eigenvalue weighted by Gasteiger charge is -2.10. The molecule has 0 saturated heterocycles. The molecule has 0 spiro atoms. The molecule has 0 aliphatic carbocycles. The molecule has 4 heteroatoms. The average molecular weight is 264 g/mol. The molecule has 0 atom stereocenters. The van der Waals surface area contributed by atoms with Crippen LogP contribution >= 0.6 is 0 Å². The molecule has 4 nitrogen and oxygen atoms in total. The predicted octanol–water partition coefficient (Wildman–Crippen LogP) is 1.60. The Hall–Kier alpha value is -1.39. The van der Waals surface area contributed by atoms with Gasteiger partial charge in [-0.1, -0.05) is 18.2 Å². The first-order valence-electron chi connectivity index (χ1n) is 6.88. The van der Waals surface area contributed by atoms with E-state index in [0.29, 0.717) is 13.2 Å². The molecule has 0 heterocycles. The Bertz CT molecular complexity index is 380. The fourth-order valence-electron chi connectivity index (χ4n) is 1.84. The average Bonchev–Trinajstić information content (AvgIpc) is 2.45. The molecule has 1 rings (SSSR count). The summed E-state index contributed by atoms with van der Waals surface area (Å²) in [5, 5.41) is 6.04. The molecule has 0 aliphatic heterocycles. The van der Waals surface area contributed by atoms with Crippen LogP contribution in [0.2, 0.25) is 0 Å². The Morgan fingerprint density at radius 2 is 2.05 bits per heavy atom. The highest BCUT2D eigenvalue weighted by molar-refractivity contribution is 5.95. The number of carbonyl (C=O) groups excluding carboxylic acids is 1. The van der Waals surface area contributed by atoms with Crippen molar-refractivity contribution in [1.29, 1.82) is 0 Å². The monoisotopic (exact) mass is 264 g/mol. The van der Waals surface area contributed by atoms with E-state index in [9.17, 15) is 4.79 Å². The van der Waals surface area contributed by atoms with E-state index in [0.717, 1.165) is 37.1 Å². The van der Waals surface area contributed by atoms with Gasteiger partial charge in [-0.2, -0.15) is 0 Å². The summed E-state index contributed by atoms with van der Waals surface area (Å²) in [5.74, 6) is 0.00296. The zero-order valence-corrected chi connectivity index (χ0v) is 11.9. The van der Waals surface area contributed by atoms with Gasteiger partial charge in [-0.3, -0.25) is 4.79 Å². The third kappa shape index (κ3) is 5.85. The molecule has 0 radical (unpaired) electrons. The van der Waals surface area contributed by atoms with E-state index in [1.807, 2.05) is 38.2 Å². The van der Waals surface area contributed by atoms with Gasteiger partial charge in [-0.15, -0.1) is 0 Å². The smallest absolute Gasteiger partial charge is 0.251 e. The molecule has 1 aromatic rings. The van der Waals surface area contributed by atoms with Crippen LogP contribution in [0.3, 0.4) is 0 Å². The lowest BCUT2D eigenvalue weighted by molar-refractivity contribution is 0.0943. The predicted molar refractivity (Wildman–Crippen MR) is 77.5 cm³/mol. The quantitative estimate of drug-likeness (QED) is 0.666. The van der Waals surface area contributed by atoms with E-state index >= 15 is 0 Å². The first-order valence-corrected chi connectivity index (χ1v) is 6.88. The van der Waals surface area contributed by atoms with Crippen LogP contribution < -0.4 is 10.6 Å². The van der Waals surface area contributed by atoms with Gasteiger partial charge in [-0.25, -0.2) is 0 Å². The molecule has 0 saturated carbocycles. The first-order chi connectivity index (χ1) is 9.29. The fraction of sp³-hybridized carbons (Fsp3) is 0.533. The number of amides is 1. The molecule has 19 heavy (non-hydrogen) atoms. The van der Waals surface area contributed by atoms with Crippen molar-refractivity contribution >= 4 is 5.91 Å². The van der Waals surface area contributed by atoms with Crippen molar-refractivity contribution in [2.45, 2.75) is 19.8 Å². The van der Waals surface area contributed by atoms with Crippen LogP contribution in [0.1, 0.15) is 29.3 Å².